The zero-order chi connectivity index (χ0) is 13.5. The second-order valence-corrected chi connectivity index (χ2v) is 5.05. The van der Waals surface area contributed by atoms with E-state index in [1.54, 1.807) is 0 Å². The predicted octanol–water partition coefficient (Wildman–Crippen LogP) is 4.62. The summed E-state index contributed by atoms with van der Waals surface area (Å²) in [6.45, 7) is 15.2. The molecule has 1 unspecified atom stereocenters. The summed E-state index contributed by atoms with van der Waals surface area (Å²) in [6.07, 6.45) is 4.34. The van der Waals surface area contributed by atoms with E-state index < -0.39 is 0 Å². The number of hydrogen-bond acceptors (Lipinski definition) is 2. The van der Waals surface area contributed by atoms with Crippen molar-refractivity contribution in [1.82, 2.24) is 0 Å². The average Bonchev–Trinajstić information content (AvgIpc) is 2.32. The molecule has 0 fully saturated rings. The number of rotatable bonds is 8. The Bertz CT molecular complexity index is 229. The summed E-state index contributed by atoms with van der Waals surface area (Å²) in [5.41, 5.74) is 1.09. The van der Waals surface area contributed by atoms with Crippen LogP contribution < -0.4 is 0 Å². The monoisotopic (exact) mass is 241 g/mol. The van der Waals surface area contributed by atoms with E-state index in [4.69, 9.17) is 9.73 Å². The maximum atomic E-state index is 6.20. The fourth-order valence-electron chi connectivity index (χ4n) is 2.23. The largest absolute Gasteiger partial charge is 0.366 e. The van der Waals surface area contributed by atoms with Crippen molar-refractivity contribution < 1.29 is 4.74 Å². The third-order valence-corrected chi connectivity index (χ3v) is 3.43. The zero-order valence-electron chi connectivity index (χ0n) is 12.8. The molecule has 0 radical (unpaired) electrons. The van der Waals surface area contributed by atoms with Crippen LogP contribution in [0.25, 0.3) is 0 Å². The predicted molar refractivity (Wildman–Crippen MR) is 77.0 cm³/mol. The fraction of sp³-hybridized carbons (Fsp3) is 0.933. The van der Waals surface area contributed by atoms with Gasteiger partial charge in [-0.25, -0.2) is 0 Å². The minimum absolute atomic E-state index is 0.146. The van der Waals surface area contributed by atoms with E-state index in [-0.39, 0.29) is 11.7 Å². The van der Waals surface area contributed by atoms with Crippen LogP contribution in [-0.2, 0) is 4.74 Å². The Labute approximate surface area is 108 Å². The van der Waals surface area contributed by atoms with Gasteiger partial charge in [0.2, 0.25) is 0 Å². The molecule has 0 aromatic heterocycles. The second-order valence-electron chi connectivity index (χ2n) is 5.05. The topological polar surface area (TPSA) is 21.6 Å². The molecule has 2 nitrogen and oxygen atoms in total. The van der Waals surface area contributed by atoms with Crippen LogP contribution >= 0.6 is 0 Å². The molecule has 0 aromatic carbocycles. The molecule has 0 aliphatic carbocycles. The SMILES string of the molecule is CC/C(=N/C(C)CC)C(CC)(CC)OC(C)C. The van der Waals surface area contributed by atoms with Crippen LogP contribution in [0.1, 0.15) is 74.1 Å². The van der Waals surface area contributed by atoms with Crippen molar-refractivity contribution in [2.45, 2.75) is 91.9 Å². The number of aliphatic imine (C=N–C) groups is 1. The fourth-order valence-corrected chi connectivity index (χ4v) is 2.23. The van der Waals surface area contributed by atoms with Crippen molar-refractivity contribution >= 4 is 5.71 Å². The van der Waals surface area contributed by atoms with E-state index in [1.165, 1.54) is 5.71 Å². The van der Waals surface area contributed by atoms with Gasteiger partial charge in [-0.2, -0.15) is 0 Å². The average molecular weight is 241 g/mol. The first kappa shape index (κ1) is 16.6. The maximum absolute atomic E-state index is 6.20. The van der Waals surface area contributed by atoms with Crippen molar-refractivity contribution in [3.05, 3.63) is 0 Å². The molecule has 0 N–H and O–H groups in total. The molecule has 0 aliphatic rings. The second kappa shape index (κ2) is 7.86. The van der Waals surface area contributed by atoms with Gasteiger partial charge >= 0.3 is 0 Å². The van der Waals surface area contributed by atoms with E-state index in [9.17, 15) is 0 Å². The van der Waals surface area contributed by atoms with Crippen molar-refractivity contribution in [3.63, 3.8) is 0 Å². The summed E-state index contributed by atoms with van der Waals surface area (Å²) in [4.78, 5) is 4.87. The smallest absolute Gasteiger partial charge is 0.105 e. The highest BCUT2D eigenvalue weighted by Gasteiger charge is 2.33. The number of nitrogens with zero attached hydrogens (tertiary/aromatic N) is 1. The molecule has 2 heteroatoms. The first-order valence-corrected chi connectivity index (χ1v) is 7.20. The molecule has 0 spiro atoms. The van der Waals surface area contributed by atoms with Crippen molar-refractivity contribution in [2.24, 2.45) is 4.99 Å². The Hall–Kier alpha value is -0.370. The van der Waals surface area contributed by atoms with Crippen LogP contribution in [0.15, 0.2) is 4.99 Å². The molecule has 0 bridgehead atoms. The normalized spacial score (nSPS) is 15.4. The lowest BCUT2D eigenvalue weighted by molar-refractivity contribution is -0.0390. The summed E-state index contributed by atoms with van der Waals surface area (Å²) >= 11 is 0. The Morgan fingerprint density at radius 1 is 1.06 bits per heavy atom. The third-order valence-electron chi connectivity index (χ3n) is 3.43. The summed E-state index contributed by atoms with van der Waals surface area (Å²) in [5, 5.41) is 0. The van der Waals surface area contributed by atoms with Gasteiger partial charge in [-0.15, -0.1) is 0 Å². The number of hydrogen-bond donors (Lipinski definition) is 0. The summed E-state index contributed by atoms with van der Waals surface area (Å²) < 4.78 is 6.20. The van der Waals surface area contributed by atoms with Gasteiger partial charge in [0.1, 0.15) is 5.60 Å². The van der Waals surface area contributed by atoms with E-state index in [2.05, 4.69) is 48.5 Å². The number of ether oxygens (including phenoxy) is 1. The molecule has 17 heavy (non-hydrogen) atoms. The van der Waals surface area contributed by atoms with Crippen molar-refractivity contribution in [2.75, 3.05) is 0 Å². The van der Waals surface area contributed by atoms with Crippen LogP contribution in [0, 0.1) is 0 Å². The van der Waals surface area contributed by atoms with Crippen LogP contribution in [0.3, 0.4) is 0 Å². The summed E-state index contributed by atoms with van der Waals surface area (Å²) in [6, 6.07) is 0.401. The molecule has 0 aromatic rings. The van der Waals surface area contributed by atoms with E-state index in [0.717, 1.165) is 25.7 Å². The Balaban J connectivity index is 5.16. The minimum atomic E-state index is -0.146. The van der Waals surface area contributed by atoms with Gasteiger partial charge in [-0.3, -0.25) is 4.99 Å². The summed E-state index contributed by atoms with van der Waals surface area (Å²) in [5.74, 6) is 0. The van der Waals surface area contributed by atoms with Crippen LogP contribution in [0.5, 0.6) is 0 Å². The molecule has 1 atom stereocenters. The molecule has 0 amide bonds. The molecule has 102 valence electrons. The lowest BCUT2D eigenvalue weighted by Gasteiger charge is -2.35. The first-order valence-electron chi connectivity index (χ1n) is 7.20. The Morgan fingerprint density at radius 2 is 1.59 bits per heavy atom. The minimum Gasteiger partial charge on any atom is -0.366 e. The van der Waals surface area contributed by atoms with Crippen LogP contribution in [0.2, 0.25) is 0 Å². The standard InChI is InChI=1S/C15H31NO/c1-8-13(7)16-14(9-2)15(10-3,11-4)17-12(5)6/h12-13H,8-11H2,1-7H3/b16-14-. The molecule has 0 rings (SSSR count). The quantitative estimate of drug-likeness (QED) is 0.568. The third kappa shape index (κ3) is 4.79. The van der Waals surface area contributed by atoms with Gasteiger partial charge in [0, 0.05) is 11.8 Å². The Kier molecular flexibility index (Phi) is 7.69. The highest BCUT2D eigenvalue weighted by Crippen LogP contribution is 2.27. The van der Waals surface area contributed by atoms with E-state index >= 15 is 0 Å². The molecular weight excluding hydrogens is 210 g/mol. The molecule has 0 saturated heterocycles. The molecule has 0 heterocycles. The van der Waals surface area contributed by atoms with Gasteiger partial charge in [0.05, 0.1) is 6.10 Å². The zero-order valence-corrected chi connectivity index (χ0v) is 12.8. The van der Waals surface area contributed by atoms with E-state index in [0.29, 0.717) is 6.04 Å². The molecule has 0 saturated carbocycles. The molecular formula is C15H31NO. The Morgan fingerprint density at radius 3 is 1.88 bits per heavy atom. The lowest BCUT2D eigenvalue weighted by Crippen LogP contribution is -2.42. The summed E-state index contributed by atoms with van der Waals surface area (Å²) in [7, 11) is 0. The van der Waals surface area contributed by atoms with Gasteiger partial charge in [0.25, 0.3) is 0 Å². The lowest BCUT2D eigenvalue weighted by atomic mass is 9.88. The maximum Gasteiger partial charge on any atom is 0.105 e. The van der Waals surface area contributed by atoms with Crippen molar-refractivity contribution in [3.8, 4) is 0 Å². The van der Waals surface area contributed by atoms with Gasteiger partial charge in [-0.1, -0.05) is 27.7 Å². The highest BCUT2D eigenvalue weighted by molar-refractivity contribution is 5.92. The highest BCUT2D eigenvalue weighted by atomic mass is 16.5. The van der Waals surface area contributed by atoms with Crippen LogP contribution in [-0.4, -0.2) is 23.5 Å². The molecule has 0 aliphatic heterocycles. The van der Waals surface area contributed by atoms with Crippen molar-refractivity contribution in [1.29, 1.82) is 0 Å². The first-order chi connectivity index (χ1) is 7.95. The van der Waals surface area contributed by atoms with Gasteiger partial charge in [0.15, 0.2) is 0 Å². The van der Waals surface area contributed by atoms with Crippen LogP contribution in [0.4, 0.5) is 0 Å². The van der Waals surface area contributed by atoms with Gasteiger partial charge < -0.3 is 4.74 Å². The van der Waals surface area contributed by atoms with E-state index in [1.807, 2.05) is 0 Å². The van der Waals surface area contributed by atoms with Gasteiger partial charge in [-0.05, 0) is 46.5 Å².